The highest BCUT2D eigenvalue weighted by Gasteiger charge is 2.21. The van der Waals surface area contributed by atoms with Crippen molar-refractivity contribution >= 4 is 23.2 Å². The monoisotopic (exact) mass is 285 g/mol. The van der Waals surface area contributed by atoms with Crippen LogP contribution in [0.1, 0.15) is 40.4 Å². The van der Waals surface area contributed by atoms with Crippen molar-refractivity contribution in [1.29, 1.82) is 0 Å². The summed E-state index contributed by atoms with van der Waals surface area (Å²) in [6, 6.07) is 0.552. The molecule has 0 radical (unpaired) electrons. The third-order valence-electron chi connectivity index (χ3n) is 2.76. The average Bonchev–Trinajstić information content (AvgIpc) is 2.79. The second kappa shape index (κ2) is 7.25. The van der Waals surface area contributed by atoms with Gasteiger partial charge in [-0.15, -0.1) is 11.3 Å². The molecule has 3 N–H and O–H groups in total. The number of thiophene rings is 1. The van der Waals surface area contributed by atoms with E-state index in [0.717, 1.165) is 24.8 Å². The molecule has 0 spiro atoms. The van der Waals surface area contributed by atoms with E-state index in [1.54, 1.807) is 6.07 Å². The minimum absolute atomic E-state index is 0.441. The lowest BCUT2D eigenvalue weighted by atomic mass is 10.1. The number of carbonyl (C=O) groups excluding carboxylic acids is 1. The van der Waals surface area contributed by atoms with Crippen molar-refractivity contribution < 1.29 is 19.8 Å². The van der Waals surface area contributed by atoms with E-state index in [9.17, 15) is 9.59 Å². The summed E-state index contributed by atoms with van der Waals surface area (Å²) in [6.45, 7) is 3.48. The summed E-state index contributed by atoms with van der Waals surface area (Å²) in [4.78, 5) is 24.4. The molecule has 1 amide bonds. The molecule has 0 saturated carbocycles. The Bertz CT molecular complexity index is 455. The quantitative estimate of drug-likeness (QED) is 0.707. The number of hydrogen-bond acceptors (Lipinski definition) is 4. The van der Waals surface area contributed by atoms with Gasteiger partial charge in [0.25, 0.3) is 5.91 Å². The Morgan fingerprint density at radius 3 is 2.58 bits per heavy atom. The Kier molecular flexibility index (Phi) is 5.98. The molecule has 6 heteroatoms. The summed E-state index contributed by atoms with van der Waals surface area (Å²) in [5.41, 5.74) is 1.13. The van der Waals surface area contributed by atoms with Gasteiger partial charge in [-0.1, -0.05) is 20.3 Å². The number of rotatable bonds is 7. The van der Waals surface area contributed by atoms with Gasteiger partial charge in [0.05, 0.1) is 11.5 Å². The van der Waals surface area contributed by atoms with Gasteiger partial charge in [-0.3, -0.25) is 4.79 Å². The van der Waals surface area contributed by atoms with Crippen molar-refractivity contribution in [2.24, 2.45) is 0 Å². The van der Waals surface area contributed by atoms with E-state index in [2.05, 4.69) is 12.2 Å². The fraction of sp³-hybridized carbons (Fsp3) is 0.538. The SMILES string of the molecule is CCCc1sc(C(=O)N[C@@H](CO)C(=O)O)cc1CC. The summed E-state index contributed by atoms with van der Waals surface area (Å²) in [6.07, 6.45) is 2.77. The van der Waals surface area contributed by atoms with Crippen LogP contribution in [0.25, 0.3) is 0 Å². The largest absolute Gasteiger partial charge is 0.480 e. The van der Waals surface area contributed by atoms with Gasteiger partial charge < -0.3 is 15.5 Å². The van der Waals surface area contributed by atoms with E-state index in [1.165, 1.54) is 16.2 Å². The Morgan fingerprint density at radius 2 is 2.11 bits per heavy atom. The molecule has 1 aromatic heterocycles. The van der Waals surface area contributed by atoms with Gasteiger partial charge in [-0.05, 0) is 24.5 Å². The van der Waals surface area contributed by atoms with Crippen molar-refractivity contribution in [2.45, 2.75) is 39.2 Å². The van der Waals surface area contributed by atoms with E-state index < -0.39 is 24.5 Å². The normalized spacial score (nSPS) is 12.2. The molecule has 1 rings (SSSR count). The number of carbonyl (C=O) groups is 2. The number of carboxylic acid groups (broad SMARTS) is 1. The highest BCUT2D eigenvalue weighted by atomic mass is 32.1. The number of aliphatic hydroxyl groups excluding tert-OH is 1. The van der Waals surface area contributed by atoms with Crippen LogP contribution in [0.5, 0.6) is 0 Å². The molecular weight excluding hydrogens is 266 g/mol. The lowest BCUT2D eigenvalue weighted by molar-refractivity contribution is -0.140. The van der Waals surface area contributed by atoms with Crippen molar-refractivity contribution in [3.8, 4) is 0 Å². The van der Waals surface area contributed by atoms with Gasteiger partial charge in [0.1, 0.15) is 0 Å². The smallest absolute Gasteiger partial charge is 0.328 e. The number of aliphatic hydroxyl groups is 1. The minimum Gasteiger partial charge on any atom is -0.480 e. The van der Waals surface area contributed by atoms with Crippen molar-refractivity contribution in [2.75, 3.05) is 6.61 Å². The zero-order valence-corrected chi connectivity index (χ0v) is 11.9. The molecule has 0 aromatic carbocycles. The van der Waals surface area contributed by atoms with Crippen molar-refractivity contribution in [3.63, 3.8) is 0 Å². The predicted octanol–water partition coefficient (Wildman–Crippen LogP) is 1.44. The summed E-state index contributed by atoms with van der Waals surface area (Å²) in [5, 5.41) is 20.0. The highest BCUT2D eigenvalue weighted by molar-refractivity contribution is 7.14. The molecule has 0 bridgehead atoms. The summed E-state index contributed by atoms with van der Waals surface area (Å²) in [5.74, 6) is -1.68. The maximum atomic E-state index is 11.9. The van der Waals surface area contributed by atoms with Crippen LogP contribution in [0.15, 0.2) is 6.07 Å². The summed E-state index contributed by atoms with van der Waals surface area (Å²) >= 11 is 1.39. The fourth-order valence-electron chi connectivity index (χ4n) is 1.73. The van der Waals surface area contributed by atoms with Crippen molar-refractivity contribution in [1.82, 2.24) is 5.32 Å². The molecule has 1 aromatic rings. The van der Waals surface area contributed by atoms with E-state index in [-0.39, 0.29) is 0 Å². The number of carboxylic acids is 1. The van der Waals surface area contributed by atoms with Gasteiger partial charge >= 0.3 is 5.97 Å². The van der Waals surface area contributed by atoms with Gasteiger partial charge in [0.15, 0.2) is 6.04 Å². The molecule has 1 atom stereocenters. The van der Waals surface area contributed by atoms with Crippen molar-refractivity contribution in [3.05, 3.63) is 21.4 Å². The number of hydrogen-bond donors (Lipinski definition) is 3. The first-order valence-corrected chi connectivity index (χ1v) is 7.11. The predicted molar refractivity (Wildman–Crippen MR) is 73.7 cm³/mol. The molecule has 1 heterocycles. The van der Waals surface area contributed by atoms with Crippen LogP contribution in [-0.4, -0.2) is 34.7 Å². The molecule has 0 fully saturated rings. The zero-order valence-electron chi connectivity index (χ0n) is 11.1. The molecular formula is C13H19NO4S. The second-order valence-electron chi connectivity index (χ2n) is 4.21. The second-order valence-corrected chi connectivity index (χ2v) is 5.35. The Balaban J connectivity index is 2.84. The maximum Gasteiger partial charge on any atom is 0.328 e. The van der Waals surface area contributed by atoms with E-state index in [4.69, 9.17) is 10.2 Å². The van der Waals surface area contributed by atoms with Crippen LogP contribution >= 0.6 is 11.3 Å². The maximum absolute atomic E-state index is 11.9. The number of amides is 1. The molecule has 5 nitrogen and oxygen atoms in total. The van der Waals surface area contributed by atoms with Crippen LogP contribution in [0, 0.1) is 0 Å². The molecule has 0 unspecified atom stereocenters. The van der Waals surface area contributed by atoms with Crippen LogP contribution in [0.2, 0.25) is 0 Å². The first kappa shape index (κ1) is 15.7. The molecule has 0 aliphatic heterocycles. The molecule has 0 saturated heterocycles. The molecule has 0 aliphatic rings. The number of aliphatic carboxylic acids is 1. The van der Waals surface area contributed by atoms with Crippen LogP contribution in [0.4, 0.5) is 0 Å². The van der Waals surface area contributed by atoms with E-state index >= 15 is 0 Å². The third kappa shape index (κ3) is 4.04. The number of aryl methyl sites for hydroxylation is 2. The average molecular weight is 285 g/mol. The zero-order chi connectivity index (χ0) is 14.4. The lowest BCUT2D eigenvalue weighted by Gasteiger charge is -2.10. The minimum atomic E-state index is -1.26. The Labute approximate surface area is 116 Å². The molecule has 106 valence electrons. The Hall–Kier alpha value is -1.40. The molecule has 0 aliphatic carbocycles. The van der Waals surface area contributed by atoms with Gasteiger partial charge in [0, 0.05) is 4.88 Å². The van der Waals surface area contributed by atoms with Crippen LogP contribution < -0.4 is 5.32 Å². The van der Waals surface area contributed by atoms with E-state index in [1.807, 2.05) is 6.92 Å². The fourth-order valence-corrected chi connectivity index (χ4v) is 2.99. The van der Waals surface area contributed by atoms with E-state index in [0.29, 0.717) is 4.88 Å². The van der Waals surface area contributed by atoms with Gasteiger partial charge in [-0.25, -0.2) is 4.79 Å². The highest BCUT2D eigenvalue weighted by Crippen LogP contribution is 2.24. The standard InChI is InChI=1S/C13H19NO4S/c1-3-5-10-8(4-2)6-11(19-10)12(16)14-9(7-15)13(17)18/h6,9,15H,3-5,7H2,1-2H3,(H,14,16)(H,17,18)/t9-/m0/s1. The number of nitrogens with one attached hydrogen (secondary N) is 1. The first-order valence-electron chi connectivity index (χ1n) is 6.29. The van der Waals surface area contributed by atoms with Gasteiger partial charge in [0.2, 0.25) is 0 Å². The van der Waals surface area contributed by atoms with Crippen LogP contribution in [0.3, 0.4) is 0 Å². The third-order valence-corrected chi connectivity index (χ3v) is 4.00. The first-order chi connectivity index (χ1) is 9.03. The molecule has 19 heavy (non-hydrogen) atoms. The topological polar surface area (TPSA) is 86.6 Å². The Morgan fingerprint density at radius 1 is 1.42 bits per heavy atom. The van der Waals surface area contributed by atoms with Gasteiger partial charge in [-0.2, -0.15) is 0 Å². The summed E-state index contributed by atoms with van der Waals surface area (Å²) in [7, 11) is 0. The van der Waals surface area contributed by atoms with Crippen LogP contribution in [-0.2, 0) is 17.6 Å². The summed E-state index contributed by atoms with van der Waals surface area (Å²) < 4.78 is 0. The lowest BCUT2D eigenvalue weighted by Crippen LogP contribution is -2.43.